The quantitative estimate of drug-likeness (QED) is 0.840. The average Bonchev–Trinajstić information content (AvgIpc) is 2.28. The number of alkyl halides is 3. The lowest BCUT2D eigenvalue weighted by molar-refractivity contribution is -0.137. The molecule has 5 heteroatoms. The van der Waals surface area contributed by atoms with Gasteiger partial charge >= 0.3 is 6.18 Å². The smallest absolute Gasteiger partial charge is 0.394 e. The van der Waals surface area contributed by atoms with Gasteiger partial charge in [-0.25, -0.2) is 0 Å². The molecule has 0 aliphatic carbocycles. The zero-order valence-electron chi connectivity index (χ0n) is 10.1. The first-order valence-electron chi connectivity index (χ1n) is 5.38. The number of hydrogen-bond donors (Lipinski definition) is 1. The SMILES string of the molecule is CNC=C(C)C(=O)Cc1cccc(C(F)(F)F)c1. The maximum absolute atomic E-state index is 12.5. The highest BCUT2D eigenvalue weighted by Gasteiger charge is 2.30. The number of Topliss-reactive ketones (excluding diaryl/α,β-unsaturated/α-hetero) is 1. The van der Waals surface area contributed by atoms with Crippen LogP contribution in [0.2, 0.25) is 0 Å². The Balaban J connectivity index is 2.87. The largest absolute Gasteiger partial charge is 0.416 e. The van der Waals surface area contributed by atoms with Crippen molar-refractivity contribution in [2.24, 2.45) is 0 Å². The van der Waals surface area contributed by atoms with Gasteiger partial charge in [-0.15, -0.1) is 0 Å². The van der Waals surface area contributed by atoms with Crippen molar-refractivity contribution >= 4 is 5.78 Å². The van der Waals surface area contributed by atoms with E-state index in [1.165, 1.54) is 18.3 Å². The summed E-state index contributed by atoms with van der Waals surface area (Å²) in [5.41, 5.74) is 0.108. The van der Waals surface area contributed by atoms with Gasteiger partial charge in [-0.1, -0.05) is 18.2 Å². The lowest BCUT2D eigenvalue weighted by Gasteiger charge is -2.08. The van der Waals surface area contributed by atoms with Gasteiger partial charge in [-0.2, -0.15) is 13.2 Å². The van der Waals surface area contributed by atoms with E-state index >= 15 is 0 Å². The minimum absolute atomic E-state index is 0.0338. The van der Waals surface area contributed by atoms with E-state index in [2.05, 4.69) is 5.32 Å². The fraction of sp³-hybridized carbons (Fsp3) is 0.308. The van der Waals surface area contributed by atoms with Crippen LogP contribution in [0.15, 0.2) is 36.0 Å². The Bertz CT molecular complexity index is 464. The molecule has 18 heavy (non-hydrogen) atoms. The fourth-order valence-electron chi connectivity index (χ4n) is 1.48. The van der Waals surface area contributed by atoms with Crippen molar-refractivity contribution in [2.75, 3.05) is 7.05 Å². The zero-order chi connectivity index (χ0) is 13.8. The molecule has 98 valence electrons. The van der Waals surface area contributed by atoms with Crippen molar-refractivity contribution in [2.45, 2.75) is 19.5 Å². The maximum Gasteiger partial charge on any atom is 0.416 e. The molecule has 0 aliphatic heterocycles. The standard InChI is InChI=1S/C13H14F3NO/c1-9(8-17-2)12(18)7-10-4-3-5-11(6-10)13(14,15)16/h3-6,8,17H,7H2,1-2H3. The third-order valence-corrected chi connectivity index (χ3v) is 2.42. The Morgan fingerprint density at radius 3 is 2.61 bits per heavy atom. The van der Waals surface area contributed by atoms with Gasteiger partial charge in [-0.3, -0.25) is 4.79 Å². The van der Waals surface area contributed by atoms with Crippen LogP contribution in [0.3, 0.4) is 0 Å². The van der Waals surface area contributed by atoms with Crippen LogP contribution < -0.4 is 5.32 Å². The number of carbonyl (C=O) groups is 1. The summed E-state index contributed by atoms with van der Waals surface area (Å²) < 4.78 is 37.4. The molecule has 0 bridgehead atoms. The number of hydrogen-bond acceptors (Lipinski definition) is 2. The maximum atomic E-state index is 12.5. The second-order valence-electron chi connectivity index (χ2n) is 3.91. The third kappa shape index (κ3) is 3.91. The van der Waals surface area contributed by atoms with Crippen molar-refractivity contribution in [3.8, 4) is 0 Å². The number of ketones is 1. The van der Waals surface area contributed by atoms with Crippen LogP contribution in [0.4, 0.5) is 13.2 Å². The Hall–Kier alpha value is -1.78. The number of rotatable bonds is 4. The van der Waals surface area contributed by atoms with Crippen LogP contribution in [0.5, 0.6) is 0 Å². The number of benzene rings is 1. The second kappa shape index (κ2) is 5.71. The van der Waals surface area contributed by atoms with Gasteiger partial charge in [0.25, 0.3) is 0 Å². The van der Waals surface area contributed by atoms with Gasteiger partial charge in [0, 0.05) is 25.2 Å². The van der Waals surface area contributed by atoms with Crippen LogP contribution in [0.25, 0.3) is 0 Å². The molecule has 0 spiro atoms. The van der Waals surface area contributed by atoms with Crippen LogP contribution in [-0.2, 0) is 17.4 Å². The Kier molecular flexibility index (Phi) is 4.53. The summed E-state index contributed by atoms with van der Waals surface area (Å²) in [6.45, 7) is 1.62. The number of carbonyl (C=O) groups excluding carboxylic acids is 1. The number of halogens is 3. The molecule has 0 fully saturated rings. The molecule has 1 rings (SSSR count). The molecule has 1 N–H and O–H groups in total. The van der Waals surface area contributed by atoms with Crippen molar-refractivity contribution in [3.63, 3.8) is 0 Å². The van der Waals surface area contributed by atoms with Gasteiger partial charge in [0.05, 0.1) is 5.56 Å². The molecule has 1 aromatic carbocycles. The van der Waals surface area contributed by atoms with Crippen molar-refractivity contribution in [3.05, 3.63) is 47.2 Å². The lowest BCUT2D eigenvalue weighted by Crippen LogP contribution is -2.09. The minimum atomic E-state index is -4.38. The summed E-state index contributed by atoms with van der Waals surface area (Å²) in [7, 11) is 1.65. The first kappa shape index (κ1) is 14.3. The van der Waals surface area contributed by atoms with Crippen molar-refractivity contribution in [1.82, 2.24) is 5.32 Å². The van der Waals surface area contributed by atoms with Gasteiger partial charge in [-0.05, 0) is 18.6 Å². The van der Waals surface area contributed by atoms with Gasteiger partial charge in [0.1, 0.15) is 0 Å². The van der Waals surface area contributed by atoms with E-state index in [0.29, 0.717) is 11.1 Å². The van der Waals surface area contributed by atoms with E-state index in [1.807, 2.05) is 0 Å². The van der Waals surface area contributed by atoms with Gasteiger partial charge in [0.2, 0.25) is 0 Å². The molecule has 0 saturated carbocycles. The topological polar surface area (TPSA) is 29.1 Å². The normalized spacial score (nSPS) is 12.4. The van der Waals surface area contributed by atoms with Gasteiger partial charge < -0.3 is 5.32 Å². The van der Waals surface area contributed by atoms with E-state index in [9.17, 15) is 18.0 Å². The summed E-state index contributed by atoms with van der Waals surface area (Å²) in [4.78, 5) is 11.7. The summed E-state index contributed by atoms with van der Waals surface area (Å²) in [6, 6.07) is 4.82. The highest BCUT2D eigenvalue weighted by molar-refractivity contribution is 5.96. The first-order valence-corrected chi connectivity index (χ1v) is 5.38. The molecule has 0 saturated heterocycles. The monoisotopic (exact) mass is 257 g/mol. The van der Waals surface area contributed by atoms with Crippen LogP contribution in [-0.4, -0.2) is 12.8 Å². The molecule has 1 aromatic rings. The second-order valence-corrected chi connectivity index (χ2v) is 3.91. The average molecular weight is 257 g/mol. The summed E-state index contributed by atoms with van der Waals surface area (Å²) >= 11 is 0. The first-order chi connectivity index (χ1) is 8.34. The molecule has 0 radical (unpaired) electrons. The van der Waals surface area contributed by atoms with Gasteiger partial charge in [0.15, 0.2) is 5.78 Å². The lowest BCUT2D eigenvalue weighted by atomic mass is 10.0. The van der Waals surface area contributed by atoms with Crippen LogP contribution in [0.1, 0.15) is 18.1 Å². The number of allylic oxidation sites excluding steroid dienone is 1. The Morgan fingerprint density at radius 2 is 2.06 bits per heavy atom. The van der Waals surface area contributed by atoms with Crippen molar-refractivity contribution in [1.29, 1.82) is 0 Å². The fourth-order valence-corrected chi connectivity index (χ4v) is 1.48. The Morgan fingerprint density at radius 1 is 1.39 bits per heavy atom. The number of nitrogens with one attached hydrogen (secondary N) is 1. The predicted molar refractivity (Wildman–Crippen MR) is 63.0 cm³/mol. The van der Waals surface area contributed by atoms with E-state index in [-0.39, 0.29) is 12.2 Å². The third-order valence-electron chi connectivity index (χ3n) is 2.42. The minimum Gasteiger partial charge on any atom is -0.394 e. The van der Waals surface area contributed by atoms with Crippen LogP contribution >= 0.6 is 0 Å². The Labute approximate surface area is 104 Å². The molecule has 0 aliphatic rings. The molecule has 2 nitrogen and oxygen atoms in total. The molecule has 0 amide bonds. The summed E-state index contributed by atoms with van der Waals surface area (Å²) in [5, 5.41) is 2.71. The van der Waals surface area contributed by atoms with E-state index in [4.69, 9.17) is 0 Å². The zero-order valence-corrected chi connectivity index (χ0v) is 10.1. The molecular weight excluding hydrogens is 243 g/mol. The van der Waals surface area contributed by atoms with Crippen molar-refractivity contribution < 1.29 is 18.0 Å². The van der Waals surface area contributed by atoms with E-state index in [1.54, 1.807) is 14.0 Å². The summed E-state index contributed by atoms with van der Waals surface area (Å²) in [5.74, 6) is -0.205. The molecule has 0 aromatic heterocycles. The van der Waals surface area contributed by atoms with E-state index in [0.717, 1.165) is 12.1 Å². The highest BCUT2D eigenvalue weighted by Crippen LogP contribution is 2.29. The molecule has 0 heterocycles. The van der Waals surface area contributed by atoms with E-state index < -0.39 is 11.7 Å². The molecule has 0 atom stereocenters. The highest BCUT2D eigenvalue weighted by atomic mass is 19.4. The van der Waals surface area contributed by atoms with Crippen LogP contribution in [0, 0.1) is 0 Å². The molecule has 0 unspecified atom stereocenters. The molecular formula is C13H14F3NO. The summed E-state index contributed by atoms with van der Waals surface area (Å²) in [6.07, 6.45) is -2.89. The predicted octanol–water partition coefficient (Wildman–Crippen LogP) is 2.94.